The lowest BCUT2D eigenvalue weighted by Gasteiger charge is -2.09. The molecule has 1 N–H and O–H groups in total. The number of aryl methyl sites for hydroxylation is 1. The zero-order valence-corrected chi connectivity index (χ0v) is 19.6. The van der Waals surface area contributed by atoms with E-state index in [0.717, 1.165) is 21.4 Å². The number of hydrogen-bond donors (Lipinski definition) is 1. The largest absolute Gasteiger partial charge is 0.350 e. The Bertz CT molecular complexity index is 1580. The first-order valence-corrected chi connectivity index (χ1v) is 11.3. The van der Waals surface area contributed by atoms with Crippen LogP contribution in [0, 0.1) is 6.92 Å². The summed E-state index contributed by atoms with van der Waals surface area (Å²) in [5, 5.41) is 11.3. The van der Waals surface area contributed by atoms with Gasteiger partial charge in [0.05, 0.1) is 5.56 Å². The van der Waals surface area contributed by atoms with Crippen LogP contribution in [0.1, 0.15) is 30.9 Å². The highest BCUT2D eigenvalue weighted by Gasteiger charge is 2.18. The second-order valence-electron chi connectivity index (χ2n) is 8.67. The number of fused-ring (bicyclic) bond motifs is 1. The fourth-order valence-corrected chi connectivity index (χ4v) is 3.77. The average molecular weight is 469 g/mol. The van der Waals surface area contributed by atoms with Gasteiger partial charge in [0.1, 0.15) is 6.54 Å². The topological polar surface area (TPSA) is 107 Å². The standard InChI is InChI=1S/C26H24N6O3/c1-16(2)19-6-4-7-20(14-19)27-22(33)15-32-26(34)31-13-5-8-21(24(31)29-32)25-28-23(30-35-25)18-11-9-17(3)10-12-18/h4-14,16H,15H2,1-3H3,(H,27,33). The molecule has 3 heterocycles. The van der Waals surface area contributed by atoms with Gasteiger partial charge in [-0.1, -0.05) is 61.0 Å². The molecule has 3 aromatic heterocycles. The van der Waals surface area contributed by atoms with Crippen molar-refractivity contribution in [1.82, 2.24) is 24.3 Å². The second kappa shape index (κ2) is 9.02. The van der Waals surface area contributed by atoms with Gasteiger partial charge in [0.15, 0.2) is 5.65 Å². The number of carbonyl (C=O) groups excluding carboxylic acids is 1. The molecule has 0 saturated carbocycles. The number of amides is 1. The summed E-state index contributed by atoms with van der Waals surface area (Å²) >= 11 is 0. The number of hydrogen-bond acceptors (Lipinski definition) is 6. The number of nitrogens with zero attached hydrogens (tertiary/aromatic N) is 5. The predicted molar refractivity (Wildman–Crippen MR) is 132 cm³/mol. The van der Waals surface area contributed by atoms with E-state index in [0.29, 0.717) is 28.6 Å². The lowest BCUT2D eigenvalue weighted by Crippen LogP contribution is -2.28. The van der Waals surface area contributed by atoms with Crippen molar-refractivity contribution < 1.29 is 9.32 Å². The van der Waals surface area contributed by atoms with Gasteiger partial charge in [0.2, 0.25) is 11.7 Å². The number of anilines is 1. The van der Waals surface area contributed by atoms with Crippen LogP contribution in [-0.4, -0.2) is 30.2 Å². The summed E-state index contributed by atoms with van der Waals surface area (Å²) in [6.07, 6.45) is 1.59. The summed E-state index contributed by atoms with van der Waals surface area (Å²) in [6.45, 7) is 5.94. The Hall–Kier alpha value is -4.53. The highest BCUT2D eigenvalue weighted by atomic mass is 16.5. The Morgan fingerprint density at radius 3 is 2.66 bits per heavy atom. The number of rotatable bonds is 6. The Kier molecular flexibility index (Phi) is 5.74. The van der Waals surface area contributed by atoms with Gasteiger partial charge >= 0.3 is 5.69 Å². The summed E-state index contributed by atoms with van der Waals surface area (Å²) in [7, 11) is 0. The number of nitrogens with one attached hydrogen (secondary N) is 1. The maximum Gasteiger partial charge on any atom is 0.350 e. The highest BCUT2D eigenvalue weighted by molar-refractivity contribution is 5.90. The van der Waals surface area contributed by atoms with Crippen LogP contribution in [0.25, 0.3) is 28.5 Å². The van der Waals surface area contributed by atoms with Crippen molar-refractivity contribution in [2.24, 2.45) is 0 Å². The van der Waals surface area contributed by atoms with Crippen molar-refractivity contribution in [2.45, 2.75) is 33.2 Å². The van der Waals surface area contributed by atoms with Crippen LogP contribution < -0.4 is 11.0 Å². The van der Waals surface area contributed by atoms with Crippen LogP contribution >= 0.6 is 0 Å². The summed E-state index contributed by atoms with van der Waals surface area (Å²) in [5.41, 5.74) is 4.12. The third kappa shape index (κ3) is 4.48. The summed E-state index contributed by atoms with van der Waals surface area (Å²) in [5.74, 6) is 0.657. The zero-order valence-electron chi connectivity index (χ0n) is 19.6. The van der Waals surface area contributed by atoms with Crippen LogP contribution in [0.15, 0.2) is 76.2 Å². The third-order valence-corrected chi connectivity index (χ3v) is 5.71. The number of aromatic nitrogens is 5. The normalized spacial score (nSPS) is 11.3. The molecule has 0 aliphatic heterocycles. The van der Waals surface area contributed by atoms with Gasteiger partial charge in [-0.25, -0.2) is 13.9 Å². The van der Waals surface area contributed by atoms with E-state index in [4.69, 9.17) is 4.52 Å². The van der Waals surface area contributed by atoms with Gasteiger partial charge in [0, 0.05) is 17.4 Å². The van der Waals surface area contributed by atoms with Crippen molar-refractivity contribution in [1.29, 1.82) is 0 Å². The van der Waals surface area contributed by atoms with Crippen molar-refractivity contribution in [3.05, 3.63) is 88.5 Å². The fraction of sp³-hybridized carbons (Fsp3) is 0.192. The lowest BCUT2D eigenvalue weighted by atomic mass is 10.0. The molecule has 0 unspecified atom stereocenters. The molecular formula is C26H24N6O3. The van der Waals surface area contributed by atoms with E-state index in [1.807, 2.05) is 55.5 Å². The molecule has 9 heteroatoms. The Labute approximate surface area is 201 Å². The van der Waals surface area contributed by atoms with Gasteiger partial charge in [-0.3, -0.25) is 4.79 Å². The predicted octanol–water partition coefficient (Wildman–Crippen LogP) is 4.28. The summed E-state index contributed by atoms with van der Waals surface area (Å²) in [6, 6.07) is 18.9. The molecule has 5 aromatic rings. The number of pyridine rings is 1. The monoisotopic (exact) mass is 468 g/mol. The van der Waals surface area contributed by atoms with Crippen LogP contribution in [-0.2, 0) is 11.3 Å². The fourth-order valence-electron chi connectivity index (χ4n) is 3.77. The molecule has 0 fully saturated rings. The molecule has 0 aliphatic rings. The Morgan fingerprint density at radius 1 is 1.09 bits per heavy atom. The highest BCUT2D eigenvalue weighted by Crippen LogP contribution is 2.25. The molecule has 35 heavy (non-hydrogen) atoms. The molecule has 2 aromatic carbocycles. The van der Waals surface area contributed by atoms with Crippen LogP contribution in [0.4, 0.5) is 5.69 Å². The first-order chi connectivity index (χ1) is 16.9. The molecule has 0 bridgehead atoms. The first-order valence-electron chi connectivity index (χ1n) is 11.3. The molecule has 0 aliphatic carbocycles. The van der Waals surface area contributed by atoms with E-state index < -0.39 is 5.69 Å². The van der Waals surface area contributed by atoms with Crippen molar-refractivity contribution in [3.8, 4) is 22.8 Å². The van der Waals surface area contributed by atoms with E-state index >= 15 is 0 Å². The Balaban J connectivity index is 1.42. The number of carbonyl (C=O) groups is 1. The van der Waals surface area contributed by atoms with Crippen LogP contribution in [0.2, 0.25) is 0 Å². The molecule has 9 nitrogen and oxygen atoms in total. The summed E-state index contributed by atoms with van der Waals surface area (Å²) in [4.78, 5) is 30.1. The minimum atomic E-state index is -0.439. The van der Waals surface area contributed by atoms with Crippen LogP contribution in [0.3, 0.4) is 0 Å². The molecule has 0 saturated heterocycles. The summed E-state index contributed by atoms with van der Waals surface area (Å²) < 4.78 is 7.96. The van der Waals surface area contributed by atoms with Gasteiger partial charge in [-0.2, -0.15) is 4.98 Å². The van der Waals surface area contributed by atoms with Gasteiger partial charge in [-0.15, -0.1) is 5.10 Å². The molecule has 0 radical (unpaired) electrons. The van der Waals surface area contributed by atoms with Crippen molar-refractivity contribution >= 4 is 17.2 Å². The van der Waals surface area contributed by atoms with Crippen molar-refractivity contribution in [3.63, 3.8) is 0 Å². The molecule has 0 atom stereocenters. The lowest BCUT2D eigenvalue weighted by molar-refractivity contribution is -0.117. The van der Waals surface area contributed by atoms with Gasteiger partial charge in [0.25, 0.3) is 5.89 Å². The molecule has 0 spiro atoms. The maximum absolute atomic E-state index is 12.9. The van der Waals surface area contributed by atoms with E-state index in [2.05, 4.69) is 34.4 Å². The number of benzene rings is 2. The van der Waals surface area contributed by atoms with Crippen LogP contribution in [0.5, 0.6) is 0 Å². The maximum atomic E-state index is 12.9. The van der Waals surface area contributed by atoms with Crippen molar-refractivity contribution in [2.75, 3.05) is 5.32 Å². The van der Waals surface area contributed by atoms with E-state index in [-0.39, 0.29) is 18.3 Å². The minimum Gasteiger partial charge on any atom is -0.333 e. The van der Waals surface area contributed by atoms with E-state index in [1.54, 1.807) is 18.3 Å². The molecule has 1 amide bonds. The first kappa shape index (κ1) is 22.3. The molecular weight excluding hydrogens is 444 g/mol. The SMILES string of the molecule is Cc1ccc(-c2noc(-c3cccn4c(=O)n(CC(=O)Nc5cccc(C(C)C)c5)nc34)n2)cc1. The minimum absolute atomic E-state index is 0.232. The second-order valence-corrected chi connectivity index (χ2v) is 8.67. The third-order valence-electron chi connectivity index (χ3n) is 5.71. The molecule has 176 valence electrons. The van der Waals surface area contributed by atoms with E-state index in [1.165, 1.54) is 4.40 Å². The molecule has 5 rings (SSSR count). The zero-order chi connectivity index (χ0) is 24.5. The average Bonchev–Trinajstić information content (AvgIpc) is 3.45. The van der Waals surface area contributed by atoms with E-state index in [9.17, 15) is 9.59 Å². The quantitative estimate of drug-likeness (QED) is 0.399. The van der Waals surface area contributed by atoms with Gasteiger partial charge < -0.3 is 9.84 Å². The Morgan fingerprint density at radius 2 is 1.89 bits per heavy atom. The smallest absolute Gasteiger partial charge is 0.333 e. The van der Waals surface area contributed by atoms with Gasteiger partial charge in [-0.05, 0) is 42.7 Å².